The molecule has 6 nitrogen and oxygen atoms in total. The molecule has 2 heterocycles. The molecule has 0 fully saturated rings. The first-order valence-corrected chi connectivity index (χ1v) is 8.14. The van der Waals surface area contributed by atoms with Crippen LogP contribution in [0.1, 0.15) is 11.3 Å². The van der Waals surface area contributed by atoms with E-state index in [1.165, 1.54) is 0 Å². The Morgan fingerprint density at radius 3 is 2.71 bits per heavy atom. The molecule has 0 saturated heterocycles. The van der Waals surface area contributed by atoms with Crippen molar-refractivity contribution in [3.05, 3.63) is 46.9 Å². The van der Waals surface area contributed by atoms with Gasteiger partial charge in [0, 0.05) is 65.4 Å². The van der Waals surface area contributed by atoms with E-state index < -0.39 is 0 Å². The molecule has 0 aliphatic carbocycles. The summed E-state index contributed by atoms with van der Waals surface area (Å²) in [6.07, 6.45) is 3.71. The van der Waals surface area contributed by atoms with Crippen LogP contribution in [-0.2, 0) is 20.1 Å². The van der Waals surface area contributed by atoms with E-state index in [0.717, 1.165) is 34.6 Å². The summed E-state index contributed by atoms with van der Waals surface area (Å²) in [5.41, 5.74) is 2.25. The van der Waals surface area contributed by atoms with Gasteiger partial charge >= 0.3 is 0 Å². The summed E-state index contributed by atoms with van der Waals surface area (Å²) < 4.78 is 2.03. The zero-order valence-electron chi connectivity index (χ0n) is 14.9. The number of nitrogens with zero attached hydrogens (tertiary/aromatic N) is 5. The Kier molecular flexibility index (Phi) is 6.09. The lowest BCUT2D eigenvalue weighted by atomic mass is 10.2. The lowest BCUT2D eigenvalue weighted by Crippen LogP contribution is -2.38. The van der Waals surface area contributed by atoms with E-state index in [2.05, 4.69) is 26.3 Å². The van der Waals surface area contributed by atoms with E-state index in [9.17, 15) is 0 Å². The molecule has 0 aliphatic heterocycles. The standard InChI is InChI=1S/C17H25ClN6/c1-19-17(24(5)12-15-9-14(18)11-23(15)4)21-10-13-7-6-8-20-16(13)22(2)3/h6-9,11H,10,12H2,1-5H3,(H,19,21). The molecule has 0 saturated carbocycles. The van der Waals surface area contributed by atoms with Crippen molar-refractivity contribution < 1.29 is 0 Å². The Labute approximate surface area is 148 Å². The van der Waals surface area contributed by atoms with Crippen molar-refractivity contribution in [2.24, 2.45) is 12.0 Å². The van der Waals surface area contributed by atoms with E-state index in [1.807, 2.05) is 56.0 Å². The largest absolute Gasteiger partial charge is 0.362 e. The van der Waals surface area contributed by atoms with Crippen LogP contribution in [0.2, 0.25) is 5.02 Å². The molecule has 1 N–H and O–H groups in total. The summed E-state index contributed by atoms with van der Waals surface area (Å²) in [6.45, 7) is 1.38. The summed E-state index contributed by atoms with van der Waals surface area (Å²) in [5, 5.41) is 4.14. The van der Waals surface area contributed by atoms with Gasteiger partial charge in [0.1, 0.15) is 5.82 Å². The van der Waals surface area contributed by atoms with Crippen LogP contribution >= 0.6 is 11.6 Å². The number of anilines is 1. The van der Waals surface area contributed by atoms with Gasteiger partial charge in [0.2, 0.25) is 0 Å². The van der Waals surface area contributed by atoms with Gasteiger partial charge in [-0.3, -0.25) is 4.99 Å². The quantitative estimate of drug-likeness (QED) is 0.665. The van der Waals surface area contributed by atoms with Gasteiger partial charge in [-0.2, -0.15) is 0 Å². The van der Waals surface area contributed by atoms with E-state index in [-0.39, 0.29) is 0 Å². The van der Waals surface area contributed by atoms with Gasteiger partial charge in [-0.15, -0.1) is 0 Å². The van der Waals surface area contributed by atoms with Crippen LogP contribution in [0.5, 0.6) is 0 Å². The molecule has 0 aliphatic rings. The van der Waals surface area contributed by atoms with E-state index in [1.54, 1.807) is 13.2 Å². The Morgan fingerprint density at radius 2 is 2.12 bits per heavy atom. The molecule has 24 heavy (non-hydrogen) atoms. The summed E-state index contributed by atoms with van der Waals surface area (Å²) in [7, 11) is 9.77. The predicted molar refractivity (Wildman–Crippen MR) is 101 cm³/mol. The van der Waals surface area contributed by atoms with Gasteiger partial charge < -0.3 is 19.7 Å². The third-order valence-corrected chi connectivity index (χ3v) is 3.98. The smallest absolute Gasteiger partial charge is 0.194 e. The number of hydrogen-bond donors (Lipinski definition) is 1. The summed E-state index contributed by atoms with van der Waals surface area (Å²) in [6, 6.07) is 5.98. The Balaban J connectivity index is 2.03. The van der Waals surface area contributed by atoms with Crippen molar-refractivity contribution in [1.29, 1.82) is 0 Å². The fourth-order valence-corrected chi connectivity index (χ4v) is 2.84. The van der Waals surface area contributed by atoms with Crippen molar-refractivity contribution in [1.82, 2.24) is 19.8 Å². The maximum atomic E-state index is 6.05. The van der Waals surface area contributed by atoms with Gasteiger partial charge in [0.25, 0.3) is 0 Å². The highest BCUT2D eigenvalue weighted by Gasteiger charge is 2.11. The normalized spacial score (nSPS) is 11.5. The van der Waals surface area contributed by atoms with Crippen LogP contribution < -0.4 is 10.2 Å². The molecule has 0 spiro atoms. The number of guanidine groups is 1. The zero-order chi connectivity index (χ0) is 17.7. The van der Waals surface area contributed by atoms with Crippen LogP contribution in [0.25, 0.3) is 0 Å². The first kappa shape index (κ1) is 18.1. The van der Waals surface area contributed by atoms with E-state index >= 15 is 0 Å². The van der Waals surface area contributed by atoms with Crippen molar-refractivity contribution in [2.45, 2.75) is 13.1 Å². The lowest BCUT2D eigenvalue weighted by molar-refractivity contribution is 0.461. The Bertz CT molecular complexity index is 707. The van der Waals surface area contributed by atoms with Gasteiger partial charge in [-0.25, -0.2) is 4.98 Å². The summed E-state index contributed by atoms with van der Waals surface area (Å²) in [4.78, 5) is 12.9. The number of halogens is 1. The minimum Gasteiger partial charge on any atom is -0.362 e. The second-order valence-electron chi connectivity index (χ2n) is 5.90. The molecular weight excluding hydrogens is 324 g/mol. The topological polar surface area (TPSA) is 48.7 Å². The van der Waals surface area contributed by atoms with Crippen molar-refractivity contribution in [2.75, 3.05) is 33.1 Å². The summed E-state index contributed by atoms with van der Waals surface area (Å²) >= 11 is 6.05. The zero-order valence-corrected chi connectivity index (χ0v) is 15.7. The van der Waals surface area contributed by atoms with Gasteiger partial charge in [0.05, 0.1) is 11.6 Å². The molecule has 0 aromatic carbocycles. The van der Waals surface area contributed by atoms with E-state index in [0.29, 0.717) is 6.54 Å². The van der Waals surface area contributed by atoms with E-state index in [4.69, 9.17) is 11.6 Å². The Hall–Kier alpha value is -2.21. The first-order chi connectivity index (χ1) is 11.4. The molecule has 7 heteroatoms. The molecule has 0 radical (unpaired) electrons. The molecule has 2 aromatic heterocycles. The summed E-state index contributed by atoms with van der Waals surface area (Å²) in [5.74, 6) is 1.78. The number of hydrogen-bond acceptors (Lipinski definition) is 3. The lowest BCUT2D eigenvalue weighted by Gasteiger charge is -2.23. The number of nitrogens with one attached hydrogen (secondary N) is 1. The van der Waals surface area contributed by atoms with Crippen LogP contribution in [0, 0.1) is 0 Å². The van der Waals surface area contributed by atoms with Crippen molar-refractivity contribution in [3.63, 3.8) is 0 Å². The Morgan fingerprint density at radius 1 is 1.38 bits per heavy atom. The number of aliphatic imine (C=N–C) groups is 1. The highest BCUT2D eigenvalue weighted by molar-refractivity contribution is 6.30. The molecule has 0 amide bonds. The fraction of sp³-hybridized carbons (Fsp3) is 0.412. The fourth-order valence-electron chi connectivity index (χ4n) is 2.57. The van der Waals surface area contributed by atoms with Crippen molar-refractivity contribution >= 4 is 23.4 Å². The predicted octanol–water partition coefficient (Wildman–Crippen LogP) is 2.35. The highest BCUT2D eigenvalue weighted by Crippen LogP contribution is 2.15. The second kappa shape index (κ2) is 8.06. The third kappa shape index (κ3) is 4.41. The van der Waals surface area contributed by atoms with Crippen LogP contribution in [0.4, 0.5) is 5.82 Å². The van der Waals surface area contributed by atoms with Crippen molar-refractivity contribution in [3.8, 4) is 0 Å². The highest BCUT2D eigenvalue weighted by atomic mass is 35.5. The maximum absolute atomic E-state index is 6.05. The molecule has 130 valence electrons. The molecule has 0 unspecified atom stereocenters. The monoisotopic (exact) mass is 348 g/mol. The molecule has 2 aromatic rings. The minimum atomic E-state index is 0.659. The number of pyridine rings is 1. The maximum Gasteiger partial charge on any atom is 0.194 e. The van der Waals surface area contributed by atoms with Gasteiger partial charge in [-0.1, -0.05) is 17.7 Å². The third-order valence-electron chi connectivity index (χ3n) is 3.78. The van der Waals surface area contributed by atoms with Crippen LogP contribution in [-0.4, -0.2) is 48.6 Å². The first-order valence-electron chi connectivity index (χ1n) is 7.76. The number of rotatable bonds is 5. The van der Waals surface area contributed by atoms with Gasteiger partial charge in [-0.05, 0) is 12.1 Å². The van der Waals surface area contributed by atoms with Crippen LogP contribution in [0.3, 0.4) is 0 Å². The number of aromatic nitrogens is 2. The molecule has 2 rings (SSSR count). The molecular formula is C17H25ClN6. The SMILES string of the molecule is CN=C(NCc1cccnc1N(C)C)N(C)Cc1cc(Cl)cn1C. The molecule has 0 atom stereocenters. The average Bonchev–Trinajstić information content (AvgIpc) is 2.85. The van der Waals surface area contributed by atoms with Crippen LogP contribution in [0.15, 0.2) is 35.6 Å². The molecule has 0 bridgehead atoms. The average molecular weight is 349 g/mol. The second-order valence-corrected chi connectivity index (χ2v) is 6.33. The number of aryl methyl sites for hydroxylation is 1. The van der Waals surface area contributed by atoms with Gasteiger partial charge in [0.15, 0.2) is 5.96 Å². The minimum absolute atomic E-state index is 0.659.